The Morgan fingerprint density at radius 1 is 1.28 bits per heavy atom. The Bertz CT molecular complexity index is 589. The minimum Gasteiger partial charge on any atom is -0.445 e. The lowest BCUT2D eigenvalue weighted by molar-refractivity contribution is -0.236. The van der Waals surface area contributed by atoms with Gasteiger partial charge < -0.3 is 19.5 Å². The number of aliphatic hydroxyl groups is 1. The van der Waals surface area contributed by atoms with E-state index in [1.54, 1.807) is 11.9 Å². The Morgan fingerprint density at radius 3 is 2.44 bits per heavy atom. The zero-order valence-electron chi connectivity index (χ0n) is 15.4. The molecular weight excluding hydrogens is 320 g/mol. The van der Waals surface area contributed by atoms with E-state index in [1.807, 2.05) is 56.0 Å². The van der Waals surface area contributed by atoms with Gasteiger partial charge in [0.15, 0.2) is 0 Å². The van der Waals surface area contributed by atoms with Crippen molar-refractivity contribution in [3.8, 4) is 0 Å². The maximum Gasteiger partial charge on any atom is 0.410 e. The van der Waals surface area contributed by atoms with Crippen LogP contribution >= 0.6 is 0 Å². The van der Waals surface area contributed by atoms with Crippen molar-refractivity contribution in [3.63, 3.8) is 0 Å². The third-order valence-corrected chi connectivity index (χ3v) is 4.89. The smallest absolute Gasteiger partial charge is 0.410 e. The van der Waals surface area contributed by atoms with E-state index < -0.39 is 6.41 Å². The minimum absolute atomic E-state index is 0.196. The molecule has 6 nitrogen and oxygen atoms in total. The van der Waals surface area contributed by atoms with Gasteiger partial charge in [-0.05, 0) is 38.2 Å². The van der Waals surface area contributed by atoms with E-state index in [4.69, 9.17) is 9.47 Å². The summed E-state index contributed by atoms with van der Waals surface area (Å²) in [5.41, 5.74) is 0.595. The third-order valence-electron chi connectivity index (χ3n) is 4.89. The molecule has 0 spiro atoms. The van der Waals surface area contributed by atoms with Crippen LogP contribution in [-0.4, -0.2) is 59.2 Å². The topological polar surface area (TPSA) is 62.2 Å². The summed E-state index contributed by atoms with van der Waals surface area (Å²) in [6.07, 6.45) is -1.18. The molecule has 3 rings (SSSR count). The average Bonchev–Trinajstić information content (AvgIpc) is 3.04. The maximum absolute atomic E-state index is 12.2. The summed E-state index contributed by atoms with van der Waals surface area (Å²) in [6, 6.07) is 9.87. The number of rotatable bonds is 5. The monoisotopic (exact) mass is 348 g/mol. The van der Waals surface area contributed by atoms with Crippen molar-refractivity contribution in [3.05, 3.63) is 35.9 Å². The number of ether oxygens (including phenoxy) is 2. The van der Waals surface area contributed by atoms with Gasteiger partial charge in [-0.15, -0.1) is 0 Å². The Balaban J connectivity index is 1.44. The molecule has 2 aliphatic rings. The van der Waals surface area contributed by atoms with Gasteiger partial charge in [-0.3, -0.25) is 4.90 Å². The Morgan fingerprint density at radius 2 is 1.88 bits per heavy atom. The first-order valence-corrected chi connectivity index (χ1v) is 8.80. The fraction of sp³-hybridized carbons (Fsp3) is 0.632. The molecule has 0 bridgehead atoms. The fourth-order valence-corrected chi connectivity index (χ4v) is 3.62. The van der Waals surface area contributed by atoms with E-state index in [9.17, 15) is 9.90 Å². The van der Waals surface area contributed by atoms with Crippen molar-refractivity contribution in [1.82, 2.24) is 9.80 Å². The van der Waals surface area contributed by atoms with Crippen LogP contribution in [0.1, 0.15) is 26.3 Å². The summed E-state index contributed by atoms with van der Waals surface area (Å²) in [4.78, 5) is 15.9. The summed E-state index contributed by atoms with van der Waals surface area (Å²) < 4.78 is 11.0. The molecule has 1 saturated carbocycles. The lowest BCUT2D eigenvalue weighted by atomic mass is 10.2. The number of hydrogen-bond donors (Lipinski definition) is 1. The number of carbonyl (C=O) groups excluding carboxylic acids is 1. The highest BCUT2D eigenvalue weighted by molar-refractivity contribution is 5.68. The van der Waals surface area contributed by atoms with Gasteiger partial charge in [0, 0.05) is 26.2 Å². The summed E-state index contributed by atoms with van der Waals surface area (Å²) in [6.45, 7) is 7.53. The fourth-order valence-electron chi connectivity index (χ4n) is 3.62. The molecule has 1 aliphatic heterocycles. The van der Waals surface area contributed by atoms with Crippen LogP contribution in [0.5, 0.6) is 0 Å². The average molecular weight is 348 g/mol. The quantitative estimate of drug-likeness (QED) is 0.827. The molecular formula is C19H28N2O4. The first kappa shape index (κ1) is 18.2. The van der Waals surface area contributed by atoms with Gasteiger partial charge in [0.25, 0.3) is 0 Å². The molecule has 1 N–H and O–H groups in total. The molecule has 2 fully saturated rings. The van der Waals surface area contributed by atoms with Gasteiger partial charge in [0.1, 0.15) is 6.61 Å². The molecule has 6 heteroatoms. The Hall–Kier alpha value is -1.63. The molecule has 25 heavy (non-hydrogen) atoms. The van der Waals surface area contributed by atoms with Crippen molar-refractivity contribution in [1.29, 1.82) is 0 Å². The van der Waals surface area contributed by atoms with Crippen molar-refractivity contribution in [2.75, 3.05) is 20.1 Å². The number of hydrogen-bond acceptors (Lipinski definition) is 5. The number of likely N-dealkylation sites (tertiary alicyclic amines) is 1. The molecule has 0 aromatic heterocycles. The first-order chi connectivity index (χ1) is 11.8. The number of fused-ring (bicyclic) bond motifs is 1. The molecule has 1 amide bonds. The number of benzene rings is 1. The van der Waals surface area contributed by atoms with E-state index >= 15 is 0 Å². The highest BCUT2D eigenvalue weighted by atomic mass is 16.6. The zero-order valence-corrected chi connectivity index (χ0v) is 15.4. The minimum atomic E-state index is -0.885. The highest BCUT2D eigenvalue weighted by Crippen LogP contribution is 2.49. The van der Waals surface area contributed by atoms with Crippen molar-refractivity contribution >= 4 is 6.09 Å². The van der Waals surface area contributed by atoms with E-state index in [1.165, 1.54) is 0 Å². The van der Waals surface area contributed by atoms with Gasteiger partial charge in [0.2, 0.25) is 6.41 Å². The Labute approximate surface area is 149 Å². The SMILES string of the molecule is CN(C(=O)OCc1ccccc1)[C@H]1[C@@H]2CN(C(O)OC(C)(C)C)C[C@@H]21. The predicted octanol–water partition coefficient (Wildman–Crippen LogP) is 2.28. The molecule has 138 valence electrons. The van der Waals surface area contributed by atoms with Crippen molar-refractivity contribution in [2.24, 2.45) is 11.8 Å². The van der Waals surface area contributed by atoms with Crippen LogP contribution in [0, 0.1) is 11.8 Å². The van der Waals surface area contributed by atoms with Crippen LogP contribution < -0.4 is 0 Å². The summed E-state index contributed by atoms with van der Waals surface area (Å²) in [5, 5.41) is 10.2. The third kappa shape index (κ3) is 4.32. The number of piperidine rings is 1. The molecule has 0 radical (unpaired) electrons. The largest absolute Gasteiger partial charge is 0.445 e. The van der Waals surface area contributed by atoms with E-state index in [2.05, 4.69) is 0 Å². The van der Waals surface area contributed by atoms with Gasteiger partial charge in [0.05, 0.1) is 5.60 Å². The molecule has 1 saturated heterocycles. The maximum atomic E-state index is 12.2. The summed E-state index contributed by atoms with van der Waals surface area (Å²) in [5.74, 6) is 0.764. The van der Waals surface area contributed by atoms with E-state index in [0.717, 1.165) is 18.7 Å². The lowest BCUT2D eigenvalue weighted by Gasteiger charge is -2.31. The standard InChI is InChI=1S/C19H28N2O4/c1-19(2,3)25-18(23)21-10-14-15(11-21)16(14)20(4)17(22)24-12-13-8-6-5-7-9-13/h5-9,14-16,18,23H,10-12H2,1-4H3/t14-,15+,16+,18?. The van der Waals surface area contributed by atoms with E-state index in [0.29, 0.717) is 11.8 Å². The molecule has 1 aromatic rings. The van der Waals surface area contributed by atoms with Gasteiger partial charge in [-0.2, -0.15) is 0 Å². The van der Waals surface area contributed by atoms with Crippen LogP contribution in [-0.2, 0) is 16.1 Å². The van der Waals surface area contributed by atoms with Crippen LogP contribution in [0.15, 0.2) is 30.3 Å². The second kappa shape index (κ2) is 6.94. The van der Waals surface area contributed by atoms with Crippen LogP contribution in [0.25, 0.3) is 0 Å². The normalized spacial score (nSPS) is 26.8. The second-order valence-corrected chi connectivity index (χ2v) is 7.98. The van der Waals surface area contributed by atoms with Gasteiger partial charge >= 0.3 is 6.09 Å². The van der Waals surface area contributed by atoms with Gasteiger partial charge in [-0.1, -0.05) is 30.3 Å². The van der Waals surface area contributed by atoms with Crippen LogP contribution in [0.3, 0.4) is 0 Å². The van der Waals surface area contributed by atoms with Crippen LogP contribution in [0.4, 0.5) is 4.79 Å². The second-order valence-electron chi connectivity index (χ2n) is 7.98. The highest BCUT2D eigenvalue weighted by Gasteiger charge is 2.60. The molecule has 4 atom stereocenters. The molecule has 1 aliphatic carbocycles. The number of carbonyl (C=O) groups is 1. The lowest BCUT2D eigenvalue weighted by Crippen LogP contribution is -2.44. The number of amides is 1. The van der Waals surface area contributed by atoms with Crippen molar-refractivity contribution < 1.29 is 19.4 Å². The molecule has 1 heterocycles. The van der Waals surface area contributed by atoms with Gasteiger partial charge in [-0.25, -0.2) is 4.79 Å². The van der Waals surface area contributed by atoms with Crippen molar-refractivity contribution in [2.45, 2.75) is 45.4 Å². The predicted molar refractivity (Wildman–Crippen MR) is 93.6 cm³/mol. The summed E-state index contributed by atoms with van der Waals surface area (Å²) in [7, 11) is 1.79. The first-order valence-electron chi connectivity index (χ1n) is 8.80. The molecule has 1 unspecified atom stereocenters. The molecule has 1 aromatic carbocycles. The van der Waals surface area contributed by atoms with E-state index in [-0.39, 0.29) is 24.3 Å². The Kier molecular flexibility index (Phi) is 5.04. The van der Waals surface area contributed by atoms with Crippen LogP contribution in [0.2, 0.25) is 0 Å². The number of nitrogens with zero attached hydrogens (tertiary/aromatic N) is 2. The zero-order chi connectivity index (χ0) is 18.2. The summed E-state index contributed by atoms with van der Waals surface area (Å²) >= 11 is 0. The number of aliphatic hydroxyl groups excluding tert-OH is 1.